The van der Waals surface area contributed by atoms with Gasteiger partial charge in [0.2, 0.25) is 0 Å². The number of aromatic nitrogens is 2. The molecule has 2 aliphatic rings. The van der Waals surface area contributed by atoms with Gasteiger partial charge in [-0.15, -0.1) is 0 Å². The number of anilines is 1. The number of piperazine rings is 1. The molecular formula is C25H27ClN5O+. The second kappa shape index (κ2) is 8.88. The first-order valence-corrected chi connectivity index (χ1v) is 11.4. The van der Waals surface area contributed by atoms with E-state index in [-0.39, 0.29) is 12.1 Å². The lowest BCUT2D eigenvalue weighted by atomic mass is 9.96. The zero-order chi connectivity index (χ0) is 22.1. The van der Waals surface area contributed by atoms with Gasteiger partial charge in [-0.3, -0.25) is 9.88 Å². The maximum atomic E-state index is 12.8. The first kappa shape index (κ1) is 20.9. The Morgan fingerprint density at radius 2 is 1.81 bits per heavy atom. The highest BCUT2D eigenvalue weighted by Crippen LogP contribution is 2.37. The van der Waals surface area contributed by atoms with Crippen molar-refractivity contribution in [2.45, 2.75) is 18.9 Å². The number of carbonyl (C=O) groups excluding carboxylic acids is 1. The average Bonchev–Trinajstić information content (AvgIpc) is 2.97. The van der Waals surface area contributed by atoms with Gasteiger partial charge in [0.25, 0.3) is 0 Å². The van der Waals surface area contributed by atoms with Crippen LogP contribution in [-0.2, 0) is 19.9 Å². The summed E-state index contributed by atoms with van der Waals surface area (Å²) in [6, 6.07) is 14.3. The van der Waals surface area contributed by atoms with Gasteiger partial charge >= 0.3 is 6.03 Å². The van der Waals surface area contributed by atoms with Crippen LogP contribution in [0.5, 0.6) is 0 Å². The molecule has 5 rings (SSSR count). The van der Waals surface area contributed by atoms with Crippen molar-refractivity contribution in [3.05, 3.63) is 88.5 Å². The molecular weight excluding hydrogens is 422 g/mol. The summed E-state index contributed by atoms with van der Waals surface area (Å²) in [6.45, 7) is 2.93. The van der Waals surface area contributed by atoms with Gasteiger partial charge in [-0.2, -0.15) is 0 Å². The smallest absolute Gasteiger partial charge is 0.321 e. The lowest BCUT2D eigenvalue weighted by Crippen LogP contribution is -2.51. The Balaban J connectivity index is 1.35. The molecule has 7 heteroatoms. The van der Waals surface area contributed by atoms with Crippen molar-refractivity contribution >= 4 is 23.3 Å². The maximum absolute atomic E-state index is 12.8. The minimum Gasteiger partial charge on any atom is -0.322 e. The zero-order valence-electron chi connectivity index (χ0n) is 18.2. The Morgan fingerprint density at radius 3 is 2.59 bits per heavy atom. The Labute approximate surface area is 193 Å². The molecule has 1 N–H and O–H groups in total. The van der Waals surface area contributed by atoms with E-state index < -0.39 is 0 Å². The third-order valence-electron chi connectivity index (χ3n) is 6.44. The molecule has 0 saturated carbocycles. The van der Waals surface area contributed by atoms with Crippen molar-refractivity contribution < 1.29 is 9.36 Å². The predicted octanol–water partition coefficient (Wildman–Crippen LogP) is 3.60. The molecule has 1 atom stereocenters. The van der Waals surface area contributed by atoms with Crippen LogP contribution in [0, 0.1) is 0 Å². The monoisotopic (exact) mass is 448 g/mol. The van der Waals surface area contributed by atoms with E-state index in [0.717, 1.165) is 42.3 Å². The first-order valence-electron chi connectivity index (χ1n) is 11.1. The van der Waals surface area contributed by atoms with Gasteiger partial charge in [0.15, 0.2) is 12.4 Å². The van der Waals surface area contributed by atoms with Gasteiger partial charge in [0.1, 0.15) is 7.05 Å². The molecule has 0 spiro atoms. The van der Waals surface area contributed by atoms with Crippen molar-refractivity contribution in [2.24, 2.45) is 7.05 Å². The average molecular weight is 449 g/mol. The molecule has 2 amide bonds. The van der Waals surface area contributed by atoms with E-state index in [2.05, 4.69) is 28.4 Å². The van der Waals surface area contributed by atoms with Crippen molar-refractivity contribution in [3.63, 3.8) is 0 Å². The van der Waals surface area contributed by atoms with Crippen molar-refractivity contribution in [3.8, 4) is 0 Å². The first-order chi connectivity index (χ1) is 15.6. The van der Waals surface area contributed by atoms with Crippen LogP contribution in [0.3, 0.4) is 0 Å². The van der Waals surface area contributed by atoms with Crippen molar-refractivity contribution in [1.82, 2.24) is 14.8 Å². The van der Waals surface area contributed by atoms with Crippen LogP contribution in [0.15, 0.2) is 61.1 Å². The molecule has 1 aliphatic heterocycles. The van der Waals surface area contributed by atoms with Gasteiger partial charge in [0.05, 0.1) is 17.4 Å². The Hall–Kier alpha value is -2.96. The molecule has 1 aromatic carbocycles. The quantitative estimate of drug-likeness (QED) is 0.609. The molecule has 3 aromatic rings. The summed E-state index contributed by atoms with van der Waals surface area (Å²) in [5.74, 6) is 0. The number of amides is 2. The number of fused-ring (bicyclic) bond motifs is 2. The van der Waals surface area contributed by atoms with Crippen LogP contribution >= 0.6 is 11.6 Å². The van der Waals surface area contributed by atoms with Crippen LogP contribution in [0.1, 0.15) is 28.4 Å². The molecule has 3 heterocycles. The molecule has 0 radical (unpaired) electrons. The summed E-state index contributed by atoms with van der Waals surface area (Å²) in [5.41, 5.74) is 5.80. The molecule has 1 unspecified atom stereocenters. The lowest BCUT2D eigenvalue weighted by molar-refractivity contribution is -0.671. The Morgan fingerprint density at radius 1 is 1.06 bits per heavy atom. The summed E-state index contributed by atoms with van der Waals surface area (Å²) >= 11 is 6.32. The second-order valence-electron chi connectivity index (χ2n) is 8.50. The van der Waals surface area contributed by atoms with Gasteiger partial charge in [-0.1, -0.05) is 23.7 Å². The number of nitrogens with one attached hydrogen (secondary N) is 1. The van der Waals surface area contributed by atoms with Gasteiger partial charge in [-0.25, -0.2) is 9.36 Å². The van der Waals surface area contributed by atoms with Crippen molar-refractivity contribution in [1.29, 1.82) is 0 Å². The number of aryl methyl sites for hydroxylation is 3. The van der Waals surface area contributed by atoms with E-state index in [1.165, 1.54) is 16.7 Å². The number of halogens is 1. The van der Waals surface area contributed by atoms with Crippen LogP contribution in [0.2, 0.25) is 5.02 Å². The van der Waals surface area contributed by atoms with E-state index >= 15 is 0 Å². The Kier molecular flexibility index (Phi) is 5.81. The van der Waals surface area contributed by atoms with Gasteiger partial charge in [-0.05, 0) is 47.7 Å². The van der Waals surface area contributed by atoms with E-state index in [1.54, 1.807) is 0 Å². The highest BCUT2D eigenvalue weighted by Gasteiger charge is 2.33. The largest absolute Gasteiger partial charge is 0.322 e. The SMILES string of the molecule is C[n+]1ccc(NC(=O)N2CCN(C3c4ccc(Cl)cc4CCc4cccnc43)CC2)cc1. The van der Waals surface area contributed by atoms with Crippen LogP contribution in [0.25, 0.3) is 0 Å². The van der Waals surface area contributed by atoms with Crippen LogP contribution in [-0.4, -0.2) is 47.0 Å². The number of urea groups is 1. The predicted molar refractivity (Wildman–Crippen MR) is 125 cm³/mol. The number of nitrogens with zero attached hydrogens (tertiary/aromatic N) is 4. The van der Waals surface area contributed by atoms with Gasteiger partial charge in [0, 0.05) is 49.5 Å². The van der Waals surface area contributed by atoms with Crippen LogP contribution in [0.4, 0.5) is 10.5 Å². The number of hydrogen-bond acceptors (Lipinski definition) is 3. The van der Waals surface area contributed by atoms with Crippen molar-refractivity contribution in [2.75, 3.05) is 31.5 Å². The molecule has 2 aromatic heterocycles. The molecule has 164 valence electrons. The number of pyridine rings is 2. The normalized spacial score (nSPS) is 18.4. The maximum Gasteiger partial charge on any atom is 0.321 e. The minimum atomic E-state index is -0.0509. The number of benzene rings is 1. The minimum absolute atomic E-state index is 0.0509. The van der Waals surface area contributed by atoms with E-state index in [1.807, 2.05) is 59.4 Å². The highest BCUT2D eigenvalue weighted by molar-refractivity contribution is 6.30. The highest BCUT2D eigenvalue weighted by atomic mass is 35.5. The lowest BCUT2D eigenvalue weighted by Gasteiger charge is -2.39. The van der Waals surface area contributed by atoms with E-state index in [4.69, 9.17) is 16.6 Å². The summed E-state index contributed by atoms with van der Waals surface area (Å²) in [4.78, 5) is 21.9. The molecule has 1 saturated heterocycles. The molecule has 32 heavy (non-hydrogen) atoms. The molecule has 1 fully saturated rings. The fourth-order valence-corrected chi connectivity index (χ4v) is 4.92. The Bertz CT molecular complexity index is 1130. The molecule has 6 nitrogen and oxygen atoms in total. The molecule has 1 aliphatic carbocycles. The van der Waals surface area contributed by atoms with Crippen LogP contribution < -0.4 is 9.88 Å². The standard InChI is InChI=1S/C25H26ClN5O/c1-29-11-8-21(9-12-29)28-25(32)31-15-13-30(14-16-31)24-22-7-6-20(26)17-19(22)5-4-18-3-2-10-27-23(18)24/h2-3,6-12,17,24H,4-5,13-16H2,1H3/p+1. The van der Waals surface area contributed by atoms with E-state index in [0.29, 0.717) is 13.1 Å². The number of carbonyl (C=O) groups is 1. The zero-order valence-corrected chi connectivity index (χ0v) is 18.9. The van der Waals surface area contributed by atoms with Gasteiger partial charge < -0.3 is 10.2 Å². The van der Waals surface area contributed by atoms with E-state index in [9.17, 15) is 4.79 Å². The third kappa shape index (κ3) is 4.20. The second-order valence-corrected chi connectivity index (χ2v) is 8.94. The summed E-state index contributed by atoms with van der Waals surface area (Å²) in [7, 11) is 1.96. The summed E-state index contributed by atoms with van der Waals surface area (Å²) < 4.78 is 1.94. The topological polar surface area (TPSA) is 52.4 Å². The fraction of sp³-hybridized carbons (Fsp3) is 0.320. The number of rotatable bonds is 2. The summed E-state index contributed by atoms with van der Waals surface area (Å²) in [5, 5.41) is 3.78. The number of hydrogen-bond donors (Lipinski definition) is 1. The summed E-state index contributed by atoms with van der Waals surface area (Å²) in [6.07, 6.45) is 7.66. The third-order valence-corrected chi connectivity index (χ3v) is 6.68. The fourth-order valence-electron chi connectivity index (χ4n) is 4.72. The molecule has 0 bridgehead atoms.